The summed E-state index contributed by atoms with van der Waals surface area (Å²) in [5.74, 6) is 3.11. The molecule has 0 bridgehead atoms. The van der Waals surface area contributed by atoms with E-state index in [0.717, 1.165) is 50.7 Å². The van der Waals surface area contributed by atoms with Crippen LogP contribution in [0.3, 0.4) is 0 Å². The Balaban J connectivity index is 1.93. The smallest absolute Gasteiger partial charge is 0.244 e. The lowest BCUT2D eigenvalue weighted by Gasteiger charge is -2.30. The minimum atomic E-state index is 0.298. The number of hydrogen-bond donors (Lipinski definition) is 2. The zero-order valence-corrected chi connectivity index (χ0v) is 13.3. The van der Waals surface area contributed by atoms with Crippen molar-refractivity contribution in [3.63, 3.8) is 0 Å². The van der Waals surface area contributed by atoms with Crippen LogP contribution in [0.25, 0.3) is 0 Å². The molecule has 2 heterocycles. The Labute approximate surface area is 122 Å². The molecule has 0 radical (unpaired) electrons. The van der Waals surface area contributed by atoms with Crippen LogP contribution in [0, 0.1) is 17.3 Å². The van der Waals surface area contributed by atoms with Crippen LogP contribution in [-0.2, 0) is 6.42 Å². The van der Waals surface area contributed by atoms with E-state index in [-0.39, 0.29) is 0 Å². The molecule has 1 fully saturated rings. The molecule has 1 aromatic heterocycles. The van der Waals surface area contributed by atoms with Crippen LogP contribution in [0.1, 0.15) is 46.4 Å². The van der Waals surface area contributed by atoms with Gasteiger partial charge in [0.25, 0.3) is 0 Å². The van der Waals surface area contributed by atoms with Crippen LogP contribution in [0.2, 0.25) is 0 Å². The van der Waals surface area contributed by atoms with E-state index >= 15 is 0 Å². The van der Waals surface area contributed by atoms with Gasteiger partial charge in [-0.1, -0.05) is 27.7 Å². The van der Waals surface area contributed by atoms with E-state index in [9.17, 15) is 0 Å². The van der Waals surface area contributed by atoms with Crippen molar-refractivity contribution in [2.45, 2.75) is 47.0 Å². The molecule has 1 atom stereocenters. The molecule has 0 saturated carbocycles. The van der Waals surface area contributed by atoms with Crippen LogP contribution in [-0.4, -0.2) is 34.8 Å². The molecule has 5 nitrogen and oxygen atoms in total. The first-order chi connectivity index (χ1) is 9.40. The van der Waals surface area contributed by atoms with Crippen LogP contribution in [0.5, 0.6) is 0 Å². The van der Waals surface area contributed by atoms with Gasteiger partial charge in [0.15, 0.2) is 0 Å². The molecule has 1 aliphatic rings. The number of aromatic amines is 1. The van der Waals surface area contributed by atoms with Crippen molar-refractivity contribution in [2.24, 2.45) is 23.0 Å². The second-order valence-electron chi connectivity index (χ2n) is 7.22. The summed E-state index contributed by atoms with van der Waals surface area (Å²) in [4.78, 5) is 6.94. The van der Waals surface area contributed by atoms with Gasteiger partial charge < -0.3 is 10.6 Å². The highest BCUT2D eigenvalue weighted by Crippen LogP contribution is 2.28. The third kappa shape index (κ3) is 3.72. The standard InChI is InChI=1S/C15H29N5/c1-11(15(2,3)4)9-13-17-14(19-18-13)20-7-5-12(10-16)6-8-20/h11-12H,5-10,16H2,1-4H3,(H,17,18,19). The predicted octanol–water partition coefficient (Wildman–Crippen LogP) is 2.20. The maximum absolute atomic E-state index is 5.73. The molecule has 1 saturated heterocycles. The van der Waals surface area contributed by atoms with Gasteiger partial charge in [0.05, 0.1) is 0 Å². The predicted molar refractivity (Wildman–Crippen MR) is 82.7 cm³/mol. The molecular weight excluding hydrogens is 250 g/mol. The van der Waals surface area contributed by atoms with Gasteiger partial charge in [-0.15, -0.1) is 5.10 Å². The lowest BCUT2D eigenvalue weighted by molar-refractivity contribution is 0.257. The second kappa shape index (κ2) is 6.12. The molecule has 0 aromatic carbocycles. The molecule has 1 aromatic rings. The highest BCUT2D eigenvalue weighted by Gasteiger charge is 2.24. The minimum absolute atomic E-state index is 0.298. The Morgan fingerprint density at radius 2 is 2.00 bits per heavy atom. The Hall–Kier alpha value is -1.10. The van der Waals surface area contributed by atoms with Crippen molar-refractivity contribution in [1.29, 1.82) is 0 Å². The SMILES string of the molecule is CC(Cc1nc(N2CCC(CN)CC2)n[nH]1)C(C)(C)C. The normalized spacial score (nSPS) is 19.4. The zero-order valence-electron chi connectivity index (χ0n) is 13.3. The molecule has 0 spiro atoms. The van der Waals surface area contributed by atoms with E-state index in [1.54, 1.807) is 0 Å². The Morgan fingerprint density at radius 1 is 1.35 bits per heavy atom. The summed E-state index contributed by atoms with van der Waals surface area (Å²) < 4.78 is 0. The van der Waals surface area contributed by atoms with E-state index < -0.39 is 0 Å². The summed E-state index contributed by atoms with van der Waals surface area (Å²) in [7, 11) is 0. The summed E-state index contributed by atoms with van der Waals surface area (Å²) in [6, 6.07) is 0. The minimum Gasteiger partial charge on any atom is -0.340 e. The summed E-state index contributed by atoms with van der Waals surface area (Å²) >= 11 is 0. The summed E-state index contributed by atoms with van der Waals surface area (Å²) in [6.45, 7) is 11.9. The average Bonchev–Trinajstić information content (AvgIpc) is 2.86. The number of hydrogen-bond acceptors (Lipinski definition) is 4. The van der Waals surface area contributed by atoms with Gasteiger partial charge in [-0.25, -0.2) is 0 Å². The monoisotopic (exact) mass is 279 g/mol. The van der Waals surface area contributed by atoms with Crippen molar-refractivity contribution < 1.29 is 0 Å². The molecule has 5 heteroatoms. The maximum Gasteiger partial charge on any atom is 0.244 e. The number of aromatic nitrogens is 3. The van der Waals surface area contributed by atoms with E-state index in [2.05, 4.69) is 47.8 Å². The lowest BCUT2D eigenvalue weighted by atomic mass is 9.80. The van der Waals surface area contributed by atoms with Crippen LogP contribution >= 0.6 is 0 Å². The number of nitrogens with two attached hydrogens (primary N) is 1. The van der Waals surface area contributed by atoms with Gasteiger partial charge in [-0.2, -0.15) is 4.98 Å². The van der Waals surface area contributed by atoms with Crippen molar-refractivity contribution in [3.8, 4) is 0 Å². The molecule has 1 unspecified atom stereocenters. The first kappa shape index (κ1) is 15.3. The van der Waals surface area contributed by atoms with Crippen LogP contribution < -0.4 is 10.6 Å². The Morgan fingerprint density at radius 3 is 2.55 bits per heavy atom. The molecule has 2 rings (SSSR count). The average molecular weight is 279 g/mol. The van der Waals surface area contributed by atoms with Gasteiger partial charge >= 0.3 is 0 Å². The molecule has 20 heavy (non-hydrogen) atoms. The molecule has 0 amide bonds. The molecule has 1 aliphatic heterocycles. The Kier molecular flexibility index (Phi) is 4.68. The first-order valence-electron chi connectivity index (χ1n) is 7.76. The van der Waals surface area contributed by atoms with E-state index in [1.165, 1.54) is 0 Å². The highest BCUT2D eigenvalue weighted by atomic mass is 15.4. The Bertz CT molecular complexity index is 412. The van der Waals surface area contributed by atoms with E-state index in [4.69, 9.17) is 5.73 Å². The quantitative estimate of drug-likeness (QED) is 0.886. The van der Waals surface area contributed by atoms with Gasteiger partial charge in [0.2, 0.25) is 5.95 Å². The van der Waals surface area contributed by atoms with Crippen LogP contribution in [0.15, 0.2) is 0 Å². The van der Waals surface area contributed by atoms with Crippen molar-refractivity contribution >= 4 is 5.95 Å². The van der Waals surface area contributed by atoms with E-state index in [1.807, 2.05) is 0 Å². The van der Waals surface area contributed by atoms with Gasteiger partial charge in [0.1, 0.15) is 5.82 Å². The second-order valence-corrected chi connectivity index (χ2v) is 7.22. The number of anilines is 1. The van der Waals surface area contributed by atoms with Gasteiger partial charge in [-0.3, -0.25) is 5.10 Å². The zero-order chi connectivity index (χ0) is 14.8. The highest BCUT2D eigenvalue weighted by molar-refractivity contribution is 5.29. The number of piperidine rings is 1. The lowest BCUT2D eigenvalue weighted by Crippen LogP contribution is -2.36. The third-order valence-electron chi connectivity index (χ3n) is 4.73. The molecule has 0 aliphatic carbocycles. The van der Waals surface area contributed by atoms with Crippen LogP contribution in [0.4, 0.5) is 5.95 Å². The largest absolute Gasteiger partial charge is 0.340 e. The number of nitrogens with one attached hydrogen (secondary N) is 1. The first-order valence-corrected chi connectivity index (χ1v) is 7.76. The fourth-order valence-electron chi connectivity index (χ4n) is 2.48. The summed E-state index contributed by atoms with van der Waals surface area (Å²) in [5, 5.41) is 7.49. The topological polar surface area (TPSA) is 70.8 Å². The van der Waals surface area contributed by atoms with Crippen molar-refractivity contribution in [2.75, 3.05) is 24.5 Å². The third-order valence-corrected chi connectivity index (χ3v) is 4.73. The number of nitrogens with zero attached hydrogens (tertiary/aromatic N) is 3. The van der Waals surface area contributed by atoms with Crippen molar-refractivity contribution in [1.82, 2.24) is 15.2 Å². The molecular formula is C15H29N5. The maximum atomic E-state index is 5.73. The molecule has 114 valence electrons. The van der Waals surface area contributed by atoms with Crippen molar-refractivity contribution in [3.05, 3.63) is 5.82 Å². The van der Waals surface area contributed by atoms with Gasteiger partial charge in [0, 0.05) is 19.5 Å². The van der Waals surface area contributed by atoms with E-state index in [0.29, 0.717) is 17.3 Å². The summed E-state index contributed by atoms with van der Waals surface area (Å²) in [5.41, 5.74) is 6.03. The summed E-state index contributed by atoms with van der Waals surface area (Å²) in [6.07, 6.45) is 3.26. The number of H-pyrrole nitrogens is 1. The van der Waals surface area contributed by atoms with Gasteiger partial charge in [-0.05, 0) is 36.6 Å². The fourth-order valence-corrected chi connectivity index (χ4v) is 2.48. The fraction of sp³-hybridized carbons (Fsp3) is 0.867. The number of rotatable bonds is 4. The molecule has 3 N–H and O–H groups in total.